The van der Waals surface area contributed by atoms with E-state index in [1.54, 1.807) is 6.26 Å². The number of nitrogens with two attached hydrogens (primary N) is 1. The molecule has 4 N–H and O–H groups in total. The Morgan fingerprint density at radius 1 is 1.56 bits per heavy atom. The van der Waals surface area contributed by atoms with E-state index < -0.39 is 10.8 Å². The quantitative estimate of drug-likeness (QED) is 0.507. The van der Waals surface area contributed by atoms with E-state index in [2.05, 4.69) is 20.7 Å². The second kappa shape index (κ2) is 5.76. The van der Waals surface area contributed by atoms with E-state index in [0.29, 0.717) is 18.3 Å². The van der Waals surface area contributed by atoms with Crippen molar-refractivity contribution < 1.29 is 4.21 Å². The summed E-state index contributed by atoms with van der Waals surface area (Å²) in [6.07, 6.45) is 1.68. The summed E-state index contributed by atoms with van der Waals surface area (Å²) in [7, 11) is -0.843. The van der Waals surface area contributed by atoms with Crippen LogP contribution in [0.5, 0.6) is 0 Å². The van der Waals surface area contributed by atoms with Gasteiger partial charge in [-0.25, -0.2) is 10.8 Å². The van der Waals surface area contributed by atoms with Crippen molar-refractivity contribution in [3.05, 3.63) is 11.8 Å². The zero-order valence-electron chi connectivity index (χ0n) is 9.65. The Hall–Kier alpha value is -1.21. The number of hydrogen-bond donors (Lipinski definition) is 3. The average molecular weight is 243 g/mol. The highest BCUT2D eigenvalue weighted by molar-refractivity contribution is 7.84. The van der Waals surface area contributed by atoms with Crippen molar-refractivity contribution in [1.29, 1.82) is 0 Å². The van der Waals surface area contributed by atoms with Crippen LogP contribution >= 0.6 is 0 Å². The normalized spacial score (nSPS) is 14.2. The van der Waals surface area contributed by atoms with Crippen molar-refractivity contribution >= 4 is 22.6 Å². The minimum absolute atomic E-state index is 0.0737. The fourth-order valence-corrected chi connectivity index (χ4v) is 1.41. The summed E-state index contributed by atoms with van der Waals surface area (Å²) in [5.41, 5.74) is 3.21. The van der Waals surface area contributed by atoms with Crippen LogP contribution in [0.3, 0.4) is 0 Å². The summed E-state index contributed by atoms with van der Waals surface area (Å²) in [5.74, 6) is 6.29. The fourth-order valence-electron chi connectivity index (χ4n) is 1.09. The molecule has 6 nitrogen and oxygen atoms in total. The predicted molar refractivity (Wildman–Crippen MR) is 66.6 cm³/mol. The lowest BCUT2D eigenvalue weighted by Gasteiger charge is -2.11. The molecule has 1 rings (SSSR count). The van der Waals surface area contributed by atoms with Crippen LogP contribution in [0.25, 0.3) is 0 Å². The number of aryl methyl sites for hydroxylation is 1. The molecule has 0 aromatic carbocycles. The van der Waals surface area contributed by atoms with Crippen LogP contribution in [0.15, 0.2) is 6.07 Å². The van der Waals surface area contributed by atoms with Gasteiger partial charge < -0.3 is 5.32 Å². The Kier molecular flexibility index (Phi) is 4.63. The van der Waals surface area contributed by atoms with Gasteiger partial charge in [0.1, 0.15) is 5.82 Å². The Labute approximate surface area is 97.5 Å². The molecule has 1 aromatic rings. The smallest absolute Gasteiger partial charge is 0.239 e. The molecule has 16 heavy (non-hydrogen) atoms. The maximum absolute atomic E-state index is 11.2. The van der Waals surface area contributed by atoms with Gasteiger partial charge in [0.2, 0.25) is 5.95 Å². The molecule has 2 atom stereocenters. The predicted octanol–water partition coefficient (Wildman–Crippen LogP) is 0.250. The molecule has 1 aromatic heterocycles. The standard InChI is InChI=1S/C9H17N5OS/c1-6-4-8(13-9(12-6)14-10)11-5-7(2)16(3)15/h4,7H,5,10H2,1-3H3,(H2,11,12,13,14). The SMILES string of the molecule is Cc1cc(NCC(C)S(C)=O)nc(NN)n1. The van der Waals surface area contributed by atoms with Gasteiger partial charge in [-0.3, -0.25) is 9.63 Å². The summed E-state index contributed by atoms with van der Waals surface area (Å²) in [5, 5.41) is 3.18. The Balaban J connectivity index is 2.66. The molecule has 2 unspecified atom stereocenters. The zero-order valence-corrected chi connectivity index (χ0v) is 10.5. The first kappa shape index (κ1) is 12.9. The minimum Gasteiger partial charge on any atom is -0.369 e. The van der Waals surface area contributed by atoms with Crippen LogP contribution < -0.4 is 16.6 Å². The third-order valence-corrected chi connectivity index (χ3v) is 3.42. The van der Waals surface area contributed by atoms with Crippen LogP contribution in [0.4, 0.5) is 11.8 Å². The molecule has 0 amide bonds. The van der Waals surface area contributed by atoms with Gasteiger partial charge in [0.25, 0.3) is 0 Å². The lowest BCUT2D eigenvalue weighted by Crippen LogP contribution is -2.21. The number of hydrazine groups is 1. The van der Waals surface area contributed by atoms with E-state index in [1.807, 2.05) is 19.9 Å². The van der Waals surface area contributed by atoms with Crippen LogP contribution in [0.1, 0.15) is 12.6 Å². The van der Waals surface area contributed by atoms with Crippen molar-refractivity contribution in [3.8, 4) is 0 Å². The van der Waals surface area contributed by atoms with E-state index in [4.69, 9.17) is 5.84 Å². The fraction of sp³-hybridized carbons (Fsp3) is 0.556. The van der Waals surface area contributed by atoms with Crippen LogP contribution in [0.2, 0.25) is 0 Å². The van der Waals surface area contributed by atoms with Gasteiger partial charge in [0, 0.05) is 40.6 Å². The summed E-state index contributed by atoms with van der Waals surface area (Å²) >= 11 is 0. The van der Waals surface area contributed by atoms with Gasteiger partial charge in [-0.15, -0.1) is 0 Å². The third-order valence-electron chi connectivity index (χ3n) is 2.12. The first-order valence-corrected chi connectivity index (χ1v) is 6.53. The first-order valence-electron chi connectivity index (χ1n) is 4.91. The van der Waals surface area contributed by atoms with Gasteiger partial charge in [0.15, 0.2) is 0 Å². The molecule has 0 aliphatic rings. The number of anilines is 2. The average Bonchev–Trinajstić information content (AvgIpc) is 2.24. The number of rotatable bonds is 5. The van der Waals surface area contributed by atoms with Crippen LogP contribution in [-0.2, 0) is 10.8 Å². The van der Waals surface area contributed by atoms with Crippen molar-refractivity contribution in [3.63, 3.8) is 0 Å². The number of nitrogens with one attached hydrogen (secondary N) is 2. The van der Waals surface area contributed by atoms with Crippen LogP contribution in [-0.4, -0.2) is 32.2 Å². The number of aromatic nitrogens is 2. The van der Waals surface area contributed by atoms with Crippen molar-refractivity contribution in [1.82, 2.24) is 9.97 Å². The zero-order chi connectivity index (χ0) is 12.1. The number of nitrogen functional groups attached to an aromatic ring is 1. The molecule has 0 saturated heterocycles. The highest BCUT2D eigenvalue weighted by Gasteiger charge is 2.07. The summed E-state index contributed by atoms with van der Waals surface area (Å²) in [4.78, 5) is 8.19. The first-order chi connectivity index (χ1) is 7.52. The molecular formula is C9H17N5OS. The molecule has 0 spiro atoms. The van der Waals surface area contributed by atoms with E-state index >= 15 is 0 Å². The molecule has 0 saturated carbocycles. The highest BCUT2D eigenvalue weighted by atomic mass is 32.2. The largest absolute Gasteiger partial charge is 0.369 e. The summed E-state index contributed by atoms with van der Waals surface area (Å²) in [6, 6.07) is 1.81. The van der Waals surface area contributed by atoms with Gasteiger partial charge in [-0.2, -0.15) is 4.98 Å². The molecule has 90 valence electrons. The van der Waals surface area contributed by atoms with Crippen LogP contribution in [0, 0.1) is 6.92 Å². The van der Waals surface area contributed by atoms with Gasteiger partial charge in [-0.1, -0.05) is 0 Å². The minimum atomic E-state index is -0.843. The topological polar surface area (TPSA) is 92.9 Å². The van der Waals surface area contributed by atoms with Crippen molar-refractivity contribution in [2.75, 3.05) is 23.5 Å². The molecular weight excluding hydrogens is 226 g/mol. The molecule has 0 aliphatic heterocycles. The lowest BCUT2D eigenvalue weighted by atomic mass is 10.4. The van der Waals surface area contributed by atoms with E-state index in [0.717, 1.165) is 5.69 Å². The maximum Gasteiger partial charge on any atom is 0.239 e. The molecule has 0 bridgehead atoms. The van der Waals surface area contributed by atoms with Gasteiger partial charge in [-0.05, 0) is 13.8 Å². The van der Waals surface area contributed by atoms with Crippen molar-refractivity contribution in [2.24, 2.45) is 5.84 Å². The highest BCUT2D eigenvalue weighted by Crippen LogP contribution is 2.09. The molecule has 0 fully saturated rings. The third kappa shape index (κ3) is 3.74. The van der Waals surface area contributed by atoms with Gasteiger partial charge >= 0.3 is 0 Å². The summed E-state index contributed by atoms with van der Waals surface area (Å²) < 4.78 is 11.2. The number of nitrogens with zero attached hydrogens (tertiary/aromatic N) is 2. The Morgan fingerprint density at radius 2 is 2.25 bits per heavy atom. The monoisotopic (exact) mass is 243 g/mol. The second-order valence-electron chi connectivity index (χ2n) is 3.55. The maximum atomic E-state index is 11.2. The van der Waals surface area contributed by atoms with Crippen molar-refractivity contribution in [2.45, 2.75) is 19.1 Å². The molecule has 7 heteroatoms. The van der Waals surface area contributed by atoms with E-state index in [9.17, 15) is 4.21 Å². The lowest BCUT2D eigenvalue weighted by molar-refractivity contribution is 0.679. The number of hydrogen-bond acceptors (Lipinski definition) is 6. The Bertz CT molecular complexity index is 384. The Morgan fingerprint density at radius 3 is 2.81 bits per heavy atom. The second-order valence-corrected chi connectivity index (χ2v) is 5.35. The van der Waals surface area contributed by atoms with E-state index in [1.165, 1.54) is 0 Å². The molecule has 0 radical (unpaired) electrons. The summed E-state index contributed by atoms with van der Waals surface area (Å²) in [6.45, 7) is 4.37. The van der Waals surface area contributed by atoms with E-state index in [-0.39, 0.29) is 5.25 Å². The van der Waals surface area contributed by atoms with Gasteiger partial charge in [0.05, 0.1) is 0 Å². The molecule has 1 heterocycles. The molecule has 0 aliphatic carbocycles.